The van der Waals surface area contributed by atoms with E-state index in [1.807, 2.05) is 4.90 Å². The highest BCUT2D eigenvalue weighted by Crippen LogP contribution is 2.28. The monoisotopic (exact) mass is 325 g/mol. The van der Waals surface area contributed by atoms with Gasteiger partial charge in [-0.25, -0.2) is 18.7 Å². The molecule has 1 unspecified atom stereocenters. The molecule has 3 rings (SSSR count). The molecule has 6 nitrogen and oxygen atoms in total. The second kappa shape index (κ2) is 6.59. The third-order valence-corrected chi connectivity index (χ3v) is 4.16. The van der Waals surface area contributed by atoms with E-state index >= 15 is 0 Å². The first-order chi connectivity index (χ1) is 11.0. The first kappa shape index (κ1) is 15.8. The molecule has 0 aliphatic carbocycles. The van der Waals surface area contributed by atoms with Gasteiger partial charge < -0.3 is 14.4 Å². The van der Waals surface area contributed by atoms with Crippen LogP contribution in [0.2, 0.25) is 0 Å². The van der Waals surface area contributed by atoms with E-state index in [1.165, 1.54) is 6.07 Å². The molecule has 2 aromatic rings. The van der Waals surface area contributed by atoms with E-state index in [9.17, 15) is 18.7 Å². The minimum Gasteiger partial charge on any atom is -0.392 e. The summed E-state index contributed by atoms with van der Waals surface area (Å²) in [5.41, 5.74) is -0.298. The van der Waals surface area contributed by atoms with Gasteiger partial charge in [-0.05, 0) is 38.1 Å². The molecular weight excluding hydrogens is 308 g/mol. The van der Waals surface area contributed by atoms with Gasteiger partial charge in [0.2, 0.25) is 5.89 Å². The Hall–Kier alpha value is -2.06. The van der Waals surface area contributed by atoms with Gasteiger partial charge in [0.1, 0.15) is 11.6 Å². The topological polar surface area (TPSA) is 82.4 Å². The number of aromatic amines is 1. The molecule has 1 aromatic carbocycles. The van der Waals surface area contributed by atoms with Crippen LogP contribution in [0, 0.1) is 11.6 Å². The predicted octanol–water partition coefficient (Wildman–Crippen LogP) is 1.55. The Kier molecular flexibility index (Phi) is 4.53. The Bertz CT molecular complexity index is 703. The minimum atomic E-state index is -1.23. The molecule has 124 valence electrons. The third-order valence-electron chi connectivity index (χ3n) is 4.16. The number of piperidine rings is 1. The number of halogens is 2. The Morgan fingerprint density at radius 3 is 2.57 bits per heavy atom. The molecule has 0 radical (unpaired) electrons. The van der Waals surface area contributed by atoms with Crippen molar-refractivity contribution < 1.29 is 18.3 Å². The fraction of sp³-hybridized carbons (Fsp3) is 0.467. The number of aliphatic hydroxyl groups excluding tert-OH is 1. The molecule has 0 saturated carbocycles. The number of nitrogens with zero attached hydrogens (tertiary/aromatic N) is 2. The highest BCUT2D eigenvalue weighted by Gasteiger charge is 2.27. The smallest absolute Gasteiger partial charge is 0.392 e. The highest BCUT2D eigenvalue weighted by molar-refractivity contribution is 5.22. The van der Waals surface area contributed by atoms with Crippen LogP contribution in [-0.2, 0) is 0 Å². The average molecular weight is 325 g/mol. The van der Waals surface area contributed by atoms with Crippen LogP contribution in [0.3, 0.4) is 0 Å². The van der Waals surface area contributed by atoms with Crippen molar-refractivity contribution in [3.63, 3.8) is 0 Å². The van der Waals surface area contributed by atoms with E-state index in [-0.39, 0.29) is 18.0 Å². The lowest BCUT2D eigenvalue weighted by atomic mass is 9.96. The van der Waals surface area contributed by atoms with Crippen LogP contribution in [0.25, 0.3) is 0 Å². The van der Waals surface area contributed by atoms with Crippen LogP contribution in [-0.4, -0.2) is 39.8 Å². The SMILES string of the molecule is O=c1[nH]nc(C2CCN(CC(O)c3c(F)cccc3F)CC2)o1. The molecule has 0 spiro atoms. The number of H-pyrrole nitrogens is 1. The number of rotatable bonds is 4. The fourth-order valence-electron chi connectivity index (χ4n) is 2.94. The van der Waals surface area contributed by atoms with E-state index in [2.05, 4.69) is 10.2 Å². The molecule has 1 aliphatic rings. The Morgan fingerprint density at radius 2 is 2.00 bits per heavy atom. The lowest BCUT2D eigenvalue weighted by molar-refractivity contribution is 0.0897. The molecule has 2 N–H and O–H groups in total. The summed E-state index contributed by atoms with van der Waals surface area (Å²) in [5, 5.41) is 16.2. The highest BCUT2D eigenvalue weighted by atomic mass is 19.1. The van der Waals surface area contributed by atoms with Gasteiger partial charge in [-0.1, -0.05) is 6.07 Å². The van der Waals surface area contributed by atoms with Gasteiger partial charge in [0.05, 0.1) is 11.7 Å². The fourth-order valence-corrected chi connectivity index (χ4v) is 2.94. The number of β-amino-alcohol motifs (C(OH)–C–C–N with tert-alkyl or cyclic N) is 1. The molecule has 23 heavy (non-hydrogen) atoms. The summed E-state index contributed by atoms with van der Waals surface area (Å²) < 4.78 is 32.3. The molecular formula is C15H17F2N3O3. The largest absolute Gasteiger partial charge is 0.434 e. The van der Waals surface area contributed by atoms with E-state index in [0.29, 0.717) is 31.8 Å². The van der Waals surface area contributed by atoms with E-state index in [4.69, 9.17) is 4.42 Å². The van der Waals surface area contributed by atoms with Crippen LogP contribution in [0.5, 0.6) is 0 Å². The molecule has 1 fully saturated rings. The van der Waals surface area contributed by atoms with Crippen LogP contribution in [0.1, 0.15) is 36.3 Å². The summed E-state index contributed by atoms with van der Waals surface area (Å²) in [4.78, 5) is 12.9. The summed E-state index contributed by atoms with van der Waals surface area (Å²) >= 11 is 0. The lowest BCUT2D eigenvalue weighted by Gasteiger charge is -2.31. The van der Waals surface area contributed by atoms with Gasteiger partial charge >= 0.3 is 5.76 Å². The number of aromatic nitrogens is 2. The van der Waals surface area contributed by atoms with Crippen molar-refractivity contribution in [3.05, 3.63) is 51.8 Å². The van der Waals surface area contributed by atoms with Crippen molar-refractivity contribution in [2.45, 2.75) is 24.9 Å². The van der Waals surface area contributed by atoms with Crippen molar-refractivity contribution in [1.82, 2.24) is 15.1 Å². The zero-order chi connectivity index (χ0) is 16.4. The molecule has 8 heteroatoms. The van der Waals surface area contributed by atoms with Gasteiger partial charge in [-0.3, -0.25) is 0 Å². The van der Waals surface area contributed by atoms with E-state index in [1.54, 1.807) is 0 Å². The normalized spacial score (nSPS) is 18.2. The molecule has 1 aliphatic heterocycles. The first-order valence-electron chi connectivity index (χ1n) is 7.44. The van der Waals surface area contributed by atoms with Crippen molar-refractivity contribution in [2.75, 3.05) is 19.6 Å². The zero-order valence-electron chi connectivity index (χ0n) is 12.3. The minimum absolute atomic E-state index is 0.0348. The summed E-state index contributed by atoms with van der Waals surface area (Å²) in [5.74, 6) is -1.65. The first-order valence-corrected chi connectivity index (χ1v) is 7.44. The summed E-state index contributed by atoms with van der Waals surface area (Å²) in [6, 6.07) is 3.53. The number of benzene rings is 1. The van der Waals surface area contributed by atoms with Crippen molar-refractivity contribution in [2.24, 2.45) is 0 Å². The van der Waals surface area contributed by atoms with Crippen molar-refractivity contribution >= 4 is 0 Å². The zero-order valence-corrected chi connectivity index (χ0v) is 12.3. The molecule has 0 bridgehead atoms. The average Bonchev–Trinajstić information content (AvgIpc) is 2.94. The van der Waals surface area contributed by atoms with Crippen LogP contribution < -0.4 is 5.76 Å². The molecule has 0 amide bonds. The number of likely N-dealkylation sites (tertiary alicyclic amines) is 1. The quantitative estimate of drug-likeness (QED) is 0.891. The molecule has 2 heterocycles. The number of nitrogens with one attached hydrogen (secondary N) is 1. The number of hydrogen-bond acceptors (Lipinski definition) is 5. The summed E-state index contributed by atoms with van der Waals surface area (Å²) in [6.07, 6.45) is 0.164. The maximum atomic E-state index is 13.7. The van der Waals surface area contributed by atoms with Gasteiger partial charge in [0.15, 0.2) is 0 Å². The van der Waals surface area contributed by atoms with Gasteiger partial charge in [0.25, 0.3) is 0 Å². The van der Waals surface area contributed by atoms with Crippen LogP contribution in [0.4, 0.5) is 8.78 Å². The Balaban J connectivity index is 1.59. The van der Waals surface area contributed by atoms with Crippen LogP contribution in [0.15, 0.2) is 27.4 Å². The van der Waals surface area contributed by atoms with Gasteiger partial charge in [0, 0.05) is 12.5 Å². The van der Waals surface area contributed by atoms with Gasteiger partial charge in [-0.2, -0.15) is 0 Å². The third kappa shape index (κ3) is 3.48. The maximum absolute atomic E-state index is 13.7. The number of hydrogen-bond donors (Lipinski definition) is 2. The van der Waals surface area contributed by atoms with Crippen LogP contribution >= 0.6 is 0 Å². The number of aliphatic hydroxyl groups is 1. The second-order valence-corrected chi connectivity index (χ2v) is 5.68. The van der Waals surface area contributed by atoms with Gasteiger partial charge in [-0.15, -0.1) is 5.10 Å². The summed E-state index contributed by atoms with van der Waals surface area (Å²) in [7, 11) is 0. The standard InChI is InChI=1S/C15H17F2N3O3/c16-10-2-1-3-11(17)13(10)12(21)8-20-6-4-9(5-7-20)14-18-19-15(22)23-14/h1-3,9,12,21H,4-8H2,(H,19,22). The van der Waals surface area contributed by atoms with E-state index < -0.39 is 23.5 Å². The Labute approximate surface area is 130 Å². The summed E-state index contributed by atoms with van der Waals surface area (Å²) in [6.45, 7) is 1.39. The maximum Gasteiger partial charge on any atom is 0.434 e. The second-order valence-electron chi connectivity index (χ2n) is 5.68. The lowest BCUT2D eigenvalue weighted by Crippen LogP contribution is -2.36. The Morgan fingerprint density at radius 1 is 1.35 bits per heavy atom. The van der Waals surface area contributed by atoms with Crippen molar-refractivity contribution in [3.8, 4) is 0 Å². The predicted molar refractivity (Wildman–Crippen MR) is 76.9 cm³/mol. The molecule has 1 aromatic heterocycles. The molecule has 1 atom stereocenters. The van der Waals surface area contributed by atoms with E-state index in [0.717, 1.165) is 12.1 Å². The molecule has 1 saturated heterocycles. The van der Waals surface area contributed by atoms with Crippen molar-refractivity contribution in [1.29, 1.82) is 0 Å².